The lowest BCUT2D eigenvalue weighted by atomic mass is 9.96. The molecule has 8 nitrogen and oxygen atoms in total. The quantitative estimate of drug-likeness (QED) is 0.468. The summed E-state index contributed by atoms with van der Waals surface area (Å²) in [7, 11) is 0. The first-order chi connectivity index (χ1) is 15.0. The summed E-state index contributed by atoms with van der Waals surface area (Å²) in [5.74, 6) is 0. The van der Waals surface area contributed by atoms with Crippen LogP contribution in [0.25, 0.3) is 0 Å². The molecule has 0 aromatic heterocycles. The maximum absolute atomic E-state index is 10.3. The van der Waals surface area contributed by atoms with Crippen molar-refractivity contribution in [2.45, 2.75) is 55.4 Å². The predicted molar refractivity (Wildman–Crippen MR) is 123 cm³/mol. The first-order valence-electron chi connectivity index (χ1n) is 9.37. The average molecular weight is 437 g/mol. The van der Waals surface area contributed by atoms with Gasteiger partial charge in [-0.25, -0.2) is 30.0 Å². The lowest BCUT2D eigenvalue weighted by molar-refractivity contribution is 0.562. The van der Waals surface area contributed by atoms with Crippen LogP contribution in [0.3, 0.4) is 0 Å². The van der Waals surface area contributed by atoms with E-state index in [9.17, 15) is 9.59 Å². The van der Waals surface area contributed by atoms with Gasteiger partial charge in [0, 0.05) is 0 Å². The van der Waals surface area contributed by atoms with Gasteiger partial charge in [-0.3, -0.25) is 0 Å². The van der Waals surface area contributed by atoms with Crippen LogP contribution in [-0.4, -0.2) is 24.3 Å². The van der Waals surface area contributed by atoms with E-state index in [1.807, 2.05) is 27.7 Å². The highest BCUT2D eigenvalue weighted by atomic mass is 16.1. The minimum absolute atomic E-state index is 0.606. The summed E-state index contributed by atoms with van der Waals surface area (Å²) in [4.78, 5) is 44.7. The molecule has 0 atom stereocenters. The smallest absolute Gasteiger partial charge is 0.222 e. The van der Waals surface area contributed by atoms with Crippen molar-refractivity contribution in [2.75, 3.05) is 0 Å². The van der Waals surface area contributed by atoms with Gasteiger partial charge in [0.25, 0.3) is 0 Å². The van der Waals surface area contributed by atoms with Crippen LogP contribution in [0.5, 0.6) is 0 Å². The summed E-state index contributed by atoms with van der Waals surface area (Å²) < 4.78 is 0. The first kappa shape index (κ1) is 30.2. The molecule has 0 radical (unpaired) electrons. The van der Waals surface area contributed by atoms with Crippen molar-refractivity contribution in [2.24, 2.45) is 9.98 Å². The van der Waals surface area contributed by atoms with Gasteiger partial charge in [-0.05, 0) is 99.9 Å². The summed E-state index contributed by atoms with van der Waals surface area (Å²) in [5, 5.41) is 10.8. The summed E-state index contributed by atoms with van der Waals surface area (Å²) in [6.07, 6.45) is 4.58. The van der Waals surface area contributed by atoms with Crippen LogP contribution in [0.2, 0.25) is 0 Å². The van der Waals surface area contributed by atoms with Crippen molar-refractivity contribution in [3.05, 3.63) is 56.6 Å². The third kappa shape index (κ3) is 9.19. The zero-order chi connectivity index (χ0) is 25.4. The van der Waals surface area contributed by atoms with E-state index in [2.05, 4.69) is 49.8 Å². The van der Waals surface area contributed by atoms with Crippen LogP contribution in [-0.2, 0) is 19.2 Å². The Morgan fingerprint density at radius 2 is 0.719 bits per heavy atom. The molecule has 0 bridgehead atoms. The Bertz CT molecular complexity index is 971. The molecular weight excluding hydrogens is 408 g/mol. The molecule has 0 unspecified atom stereocenters. The minimum Gasteiger partial charge on any atom is -0.222 e. The molecule has 0 amide bonds. The lowest BCUT2D eigenvalue weighted by Gasteiger charge is -2.13. The second kappa shape index (κ2) is 15.8. The molecule has 0 spiro atoms. The van der Waals surface area contributed by atoms with Crippen molar-refractivity contribution >= 4 is 35.7 Å². The van der Waals surface area contributed by atoms with Gasteiger partial charge in [0.1, 0.15) is 0 Å². The molecule has 0 saturated carbocycles. The standard InChI is InChI=1S/C12H12N2O2.C10H14.2CHNO/c1-7-8(2)12(14-6-16)10(4)9(3)11(7)13-5-15;1-7-5-9(3)10(4)6-8(7)2;2*2-1-3/h1-4H3;5-6H,1-4H3;2*2H. The molecule has 0 heterocycles. The van der Waals surface area contributed by atoms with E-state index in [0.717, 1.165) is 34.4 Å². The number of hydrogen-bond acceptors (Lipinski definition) is 8. The van der Waals surface area contributed by atoms with Gasteiger partial charge >= 0.3 is 0 Å². The second-order valence-corrected chi connectivity index (χ2v) is 6.83. The van der Waals surface area contributed by atoms with Gasteiger partial charge in [0.2, 0.25) is 24.3 Å². The van der Waals surface area contributed by atoms with Gasteiger partial charge < -0.3 is 0 Å². The lowest BCUT2D eigenvalue weighted by Crippen LogP contribution is -1.92. The largest absolute Gasteiger partial charge is 0.240 e. The van der Waals surface area contributed by atoms with Gasteiger partial charge in [0.05, 0.1) is 11.4 Å². The van der Waals surface area contributed by atoms with Gasteiger partial charge in [-0.1, -0.05) is 12.1 Å². The monoisotopic (exact) mass is 436 g/mol. The van der Waals surface area contributed by atoms with Crippen LogP contribution in [0.15, 0.2) is 22.1 Å². The summed E-state index contributed by atoms with van der Waals surface area (Å²) in [5.41, 5.74) is 10.1. The van der Waals surface area contributed by atoms with Gasteiger partial charge in [-0.2, -0.15) is 9.98 Å². The maximum Gasteiger partial charge on any atom is 0.240 e. The highest BCUT2D eigenvalue weighted by Gasteiger charge is 2.13. The minimum atomic E-state index is 0.606. The maximum atomic E-state index is 10.3. The Morgan fingerprint density at radius 1 is 0.531 bits per heavy atom. The van der Waals surface area contributed by atoms with E-state index in [1.54, 1.807) is 0 Å². The van der Waals surface area contributed by atoms with Crippen LogP contribution in [0.1, 0.15) is 44.5 Å². The molecule has 2 aromatic rings. The fourth-order valence-corrected chi connectivity index (χ4v) is 2.80. The normalized spacial score (nSPS) is 8.25. The number of nitrogens with zero attached hydrogens (tertiary/aromatic N) is 2. The zero-order valence-electron chi connectivity index (χ0n) is 19.7. The van der Waals surface area contributed by atoms with E-state index >= 15 is 0 Å². The Morgan fingerprint density at radius 3 is 0.875 bits per heavy atom. The van der Waals surface area contributed by atoms with Crippen molar-refractivity contribution < 1.29 is 19.2 Å². The van der Waals surface area contributed by atoms with Crippen molar-refractivity contribution in [3.63, 3.8) is 0 Å². The fraction of sp³-hybridized carbons (Fsp3) is 0.333. The molecule has 2 rings (SSSR count). The van der Waals surface area contributed by atoms with E-state index in [-0.39, 0.29) is 0 Å². The fourth-order valence-electron chi connectivity index (χ4n) is 2.80. The number of isocyanates is 4. The number of aryl methyl sites for hydroxylation is 4. The second-order valence-electron chi connectivity index (χ2n) is 6.83. The van der Waals surface area contributed by atoms with E-state index < -0.39 is 0 Å². The summed E-state index contributed by atoms with van der Waals surface area (Å²) >= 11 is 0. The van der Waals surface area contributed by atoms with E-state index in [1.165, 1.54) is 34.4 Å². The number of carbonyl (C=O) groups excluding carboxylic acids is 4. The third-order valence-electron chi connectivity index (χ3n) is 4.97. The third-order valence-corrected chi connectivity index (χ3v) is 4.97. The number of aliphatic imine (C=N–C) groups is 2. The number of benzene rings is 2. The van der Waals surface area contributed by atoms with Crippen LogP contribution < -0.4 is 0 Å². The van der Waals surface area contributed by atoms with Crippen molar-refractivity contribution in [1.29, 1.82) is 10.8 Å². The molecule has 2 aromatic carbocycles. The van der Waals surface area contributed by atoms with Crippen molar-refractivity contribution in [1.82, 2.24) is 0 Å². The predicted octanol–water partition coefficient (Wildman–Crippen LogP) is 5.58. The molecule has 32 heavy (non-hydrogen) atoms. The van der Waals surface area contributed by atoms with Gasteiger partial charge in [-0.15, -0.1) is 0 Å². The molecule has 168 valence electrons. The molecule has 0 aliphatic heterocycles. The Kier molecular flexibility index (Phi) is 14.8. The van der Waals surface area contributed by atoms with Crippen molar-refractivity contribution in [3.8, 4) is 0 Å². The van der Waals surface area contributed by atoms with Gasteiger partial charge in [0.15, 0.2) is 0 Å². The Labute approximate surface area is 188 Å². The van der Waals surface area contributed by atoms with Crippen LogP contribution in [0, 0.1) is 66.2 Å². The molecule has 2 N–H and O–H groups in total. The van der Waals surface area contributed by atoms with Crippen LogP contribution >= 0.6 is 0 Å². The highest BCUT2D eigenvalue weighted by molar-refractivity contribution is 5.72. The molecule has 0 aliphatic rings. The molecule has 0 saturated heterocycles. The van der Waals surface area contributed by atoms with E-state index in [4.69, 9.17) is 20.4 Å². The van der Waals surface area contributed by atoms with Crippen LogP contribution in [0.4, 0.5) is 11.4 Å². The topological polar surface area (TPSA) is 141 Å². The SMILES string of the molecule is Cc1c(C)c(N=C=O)c(C)c(C)c1N=C=O.Cc1cc(C)c(C)cc1C.N=C=O.N=C=O. The number of nitrogens with one attached hydrogen (secondary N) is 2. The average Bonchev–Trinajstić information content (AvgIpc) is 2.73. The van der Waals surface area contributed by atoms with E-state index in [0.29, 0.717) is 11.4 Å². The summed E-state index contributed by atoms with van der Waals surface area (Å²) in [6, 6.07) is 4.48. The molecule has 0 aliphatic carbocycles. The summed E-state index contributed by atoms with van der Waals surface area (Å²) in [6.45, 7) is 16.0. The number of hydrogen-bond donors (Lipinski definition) is 2. The Hall–Kier alpha value is -4.04. The first-order valence-corrected chi connectivity index (χ1v) is 9.37. The molecular formula is C24H28N4O4. The number of rotatable bonds is 2. The Balaban J connectivity index is 0. The molecule has 8 heteroatoms. The molecule has 0 fully saturated rings. The highest BCUT2D eigenvalue weighted by Crippen LogP contribution is 2.36. The zero-order valence-corrected chi connectivity index (χ0v) is 19.7.